The Labute approximate surface area is 174 Å². The molecule has 3 aromatic rings. The Balaban J connectivity index is 1.50. The molecule has 4 rings (SSSR count). The summed E-state index contributed by atoms with van der Waals surface area (Å²) >= 11 is 0. The van der Waals surface area contributed by atoms with Gasteiger partial charge in [0, 0.05) is 24.6 Å². The molecule has 1 amide bonds. The maximum absolute atomic E-state index is 13.5. The minimum Gasteiger partial charge on any atom is -0.477 e. The number of aromatic nitrogens is 4. The molecular formula is C22H24FN5O2. The fourth-order valence-corrected chi connectivity index (χ4v) is 3.74. The Morgan fingerprint density at radius 2 is 2.00 bits per heavy atom. The first kappa shape index (κ1) is 20.0. The molecule has 0 spiro atoms. The van der Waals surface area contributed by atoms with Crippen molar-refractivity contribution in [2.45, 2.75) is 32.7 Å². The summed E-state index contributed by atoms with van der Waals surface area (Å²) in [6.45, 7) is 5.04. The molecule has 0 aliphatic carbocycles. The van der Waals surface area contributed by atoms with E-state index in [9.17, 15) is 9.18 Å². The van der Waals surface area contributed by atoms with Gasteiger partial charge in [-0.05, 0) is 44.9 Å². The number of benzene rings is 1. The molecule has 2 atom stereocenters. The predicted octanol–water partition coefficient (Wildman–Crippen LogP) is 3.43. The van der Waals surface area contributed by atoms with E-state index >= 15 is 0 Å². The third kappa shape index (κ3) is 4.32. The van der Waals surface area contributed by atoms with Crippen molar-refractivity contribution in [3.05, 3.63) is 65.9 Å². The van der Waals surface area contributed by atoms with Gasteiger partial charge in [0.2, 0.25) is 5.88 Å². The average molecular weight is 409 g/mol. The van der Waals surface area contributed by atoms with Crippen molar-refractivity contribution < 1.29 is 13.9 Å². The zero-order chi connectivity index (χ0) is 21.1. The van der Waals surface area contributed by atoms with Crippen molar-refractivity contribution in [1.82, 2.24) is 24.9 Å². The number of rotatable bonds is 5. The van der Waals surface area contributed by atoms with E-state index in [2.05, 4.69) is 22.1 Å². The van der Waals surface area contributed by atoms with Crippen LogP contribution in [0.15, 0.2) is 48.9 Å². The largest absolute Gasteiger partial charge is 0.477 e. The van der Waals surface area contributed by atoms with E-state index in [-0.39, 0.29) is 17.9 Å². The van der Waals surface area contributed by atoms with Gasteiger partial charge in [0.15, 0.2) is 0 Å². The van der Waals surface area contributed by atoms with E-state index in [1.807, 2.05) is 30.0 Å². The quantitative estimate of drug-likeness (QED) is 0.646. The highest BCUT2D eigenvalue weighted by Crippen LogP contribution is 2.26. The summed E-state index contributed by atoms with van der Waals surface area (Å²) < 4.78 is 18.7. The number of aryl methyl sites for hydroxylation is 1. The topological polar surface area (TPSA) is 73.1 Å². The number of amides is 1. The fraction of sp³-hybridized carbons (Fsp3) is 0.364. The lowest BCUT2D eigenvalue weighted by molar-refractivity contribution is 0.0502. The van der Waals surface area contributed by atoms with E-state index < -0.39 is 5.82 Å². The second-order valence-electron chi connectivity index (χ2n) is 7.71. The maximum Gasteiger partial charge on any atom is 0.256 e. The van der Waals surface area contributed by atoms with Gasteiger partial charge in [-0.1, -0.05) is 11.6 Å². The number of carbonyl (C=O) groups is 1. The highest BCUT2D eigenvalue weighted by molar-refractivity contribution is 5.98. The van der Waals surface area contributed by atoms with Gasteiger partial charge in [0.1, 0.15) is 5.82 Å². The number of nitrogens with zero attached hydrogens (tertiary/aromatic N) is 5. The third-order valence-corrected chi connectivity index (χ3v) is 5.42. The monoisotopic (exact) mass is 409 g/mol. The van der Waals surface area contributed by atoms with Crippen LogP contribution < -0.4 is 4.74 Å². The molecular weight excluding hydrogens is 385 g/mol. The fourth-order valence-electron chi connectivity index (χ4n) is 3.74. The lowest BCUT2D eigenvalue weighted by Crippen LogP contribution is -2.47. The number of hydrogen-bond acceptors (Lipinski definition) is 5. The molecule has 1 saturated heterocycles. The molecule has 8 heteroatoms. The van der Waals surface area contributed by atoms with Crippen LogP contribution in [0.2, 0.25) is 0 Å². The number of carbonyl (C=O) groups excluding carboxylic acids is 1. The van der Waals surface area contributed by atoms with Crippen molar-refractivity contribution in [3.63, 3.8) is 0 Å². The molecule has 0 radical (unpaired) electrons. The lowest BCUT2D eigenvalue weighted by atomic mass is 9.93. The summed E-state index contributed by atoms with van der Waals surface area (Å²) in [5.41, 5.74) is 2.25. The van der Waals surface area contributed by atoms with Gasteiger partial charge >= 0.3 is 0 Å². The molecule has 30 heavy (non-hydrogen) atoms. The molecule has 7 nitrogen and oxygen atoms in total. The molecule has 2 aromatic heterocycles. The average Bonchev–Trinajstić information content (AvgIpc) is 3.28. The normalized spacial score (nSPS) is 19.0. The molecule has 1 aliphatic rings. The second kappa shape index (κ2) is 8.61. The minimum atomic E-state index is -0.397. The van der Waals surface area contributed by atoms with Gasteiger partial charge in [-0.15, -0.1) is 0 Å². The Kier molecular flexibility index (Phi) is 5.74. The van der Waals surface area contributed by atoms with Crippen molar-refractivity contribution >= 4 is 5.91 Å². The van der Waals surface area contributed by atoms with E-state index in [4.69, 9.17) is 4.74 Å². The summed E-state index contributed by atoms with van der Waals surface area (Å²) in [5, 5.41) is 8.38. The molecule has 1 fully saturated rings. The zero-order valence-electron chi connectivity index (χ0n) is 17.0. The SMILES string of the molecule is Cc1ccc(-n2nccn2)c(C(=O)N2C[C@@H](COc3ccc(F)cn3)CC[C@@H]2C)c1. The van der Waals surface area contributed by atoms with Gasteiger partial charge in [-0.25, -0.2) is 9.37 Å². The molecule has 3 heterocycles. The van der Waals surface area contributed by atoms with Crippen molar-refractivity contribution in [2.24, 2.45) is 5.92 Å². The molecule has 1 aromatic carbocycles. The van der Waals surface area contributed by atoms with E-state index in [0.717, 1.165) is 24.6 Å². The molecule has 0 unspecified atom stereocenters. The molecule has 0 bridgehead atoms. The summed E-state index contributed by atoms with van der Waals surface area (Å²) in [5.74, 6) is 0.126. The van der Waals surface area contributed by atoms with Crippen LogP contribution in [0.3, 0.4) is 0 Å². The van der Waals surface area contributed by atoms with Gasteiger partial charge in [-0.2, -0.15) is 15.0 Å². The van der Waals surface area contributed by atoms with Crippen LogP contribution in [-0.2, 0) is 0 Å². The van der Waals surface area contributed by atoms with Crippen LogP contribution in [0, 0.1) is 18.7 Å². The molecule has 0 N–H and O–H groups in total. The Morgan fingerprint density at radius 3 is 2.73 bits per heavy atom. The van der Waals surface area contributed by atoms with Crippen LogP contribution in [0.4, 0.5) is 4.39 Å². The minimum absolute atomic E-state index is 0.0388. The summed E-state index contributed by atoms with van der Waals surface area (Å²) in [4.78, 5) is 20.8. The van der Waals surface area contributed by atoms with Crippen LogP contribution in [0.25, 0.3) is 5.69 Å². The first-order valence-corrected chi connectivity index (χ1v) is 10.0. The smallest absolute Gasteiger partial charge is 0.256 e. The molecule has 0 saturated carbocycles. The van der Waals surface area contributed by atoms with Crippen LogP contribution >= 0.6 is 0 Å². The van der Waals surface area contributed by atoms with E-state index in [1.54, 1.807) is 12.4 Å². The van der Waals surface area contributed by atoms with Crippen molar-refractivity contribution in [3.8, 4) is 11.6 Å². The van der Waals surface area contributed by atoms with Crippen molar-refractivity contribution in [2.75, 3.05) is 13.2 Å². The van der Waals surface area contributed by atoms with Gasteiger partial charge in [-0.3, -0.25) is 4.79 Å². The predicted molar refractivity (Wildman–Crippen MR) is 109 cm³/mol. The van der Waals surface area contributed by atoms with E-state index in [0.29, 0.717) is 30.3 Å². The number of hydrogen-bond donors (Lipinski definition) is 0. The highest BCUT2D eigenvalue weighted by Gasteiger charge is 2.31. The van der Waals surface area contributed by atoms with Crippen molar-refractivity contribution in [1.29, 1.82) is 0 Å². The standard InChI is InChI=1S/C22H24FN5O2/c1-15-3-7-20(28-25-9-10-26-28)19(11-15)22(29)27-13-17(5-4-16(27)2)14-30-21-8-6-18(23)12-24-21/h3,6-12,16-17H,4-5,13-14H2,1-2H3/t16-,17-/m0/s1. The first-order chi connectivity index (χ1) is 14.5. The number of likely N-dealkylation sites (tertiary alicyclic amines) is 1. The Morgan fingerprint density at radius 1 is 1.20 bits per heavy atom. The van der Waals surface area contributed by atoms with E-state index in [1.165, 1.54) is 16.9 Å². The number of ether oxygens (including phenoxy) is 1. The van der Waals surface area contributed by atoms with Gasteiger partial charge in [0.25, 0.3) is 5.91 Å². The first-order valence-electron chi connectivity index (χ1n) is 10.0. The number of pyridine rings is 1. The zero-order valence-corrected chi connectivity index (χ0v) is 17.0. The van der Waals surface area contributed by atoms with Gasteiger partial charge in [0.05, 0.1) is 36.4 Å². The maximum atomic E-state index is 13.5. The third-order valence-electron chi connectivity index (χ3n) is 5.42. The highest BCUT2D eigenvalue weighted by atomic mass is 19.1. The molecule has 1 aliphatic heterocycles. The second-order valence-corrected chi connectivity index (χ2v) is 7.71. The van der Waals surface area contributed by atoms with Crippen LogP contribution in [-0.4, -0.2) is 50.0 Å². The van der Waals surface area contributed by atoms with Crippen LogP contribution in [0.5, 0.6) is 5.88 Å². The number of halogens is 1. The lowest BCUT2D eigenvalue weighted by Gasteiger charge is -2.38. The van der Waals surface area contributed by atoms with Gasteiger partial charge < -0.3 is 9.64 Å². The summed E-state index contributed by atoms with van der Waals surface area (Å²) in [6, 6.07) is 8.66. The Bertz CT molecular complexity index is 1010. The Hall–Kier alpha value is -3.29. The molecule has 156 valence electrons. The van der Waals surface area contributed by atoms with Crippen LogP contribution in [0.1, 0.15) is 35.7 Å². The number of piperidine rings is 1. The summed E-state index contributed by atoms with van der Waals surface area (Å²) in [6.07, 6.45) is 6.16. The summed E-state index contributed by atoms with van der Waals surface area (Å²) in [7, 11) is 0.